The second-order valence-corrected chi connectivity index (χ2v) is 8.90. The van der Waals surface area contributed by atoms with Crippen LogP contribution in [0, 0.1) is 18.8 Å². The molecule has 3 aliphatic rings. The molecule has 0 N–H and O–H groups in total. The van der Waals surface area contributed by atoms with Gasteiger partial charge in [-0.3, -0.25) is 4.79 Å². The summed E-state index contributed by atoms with van der Waals surface area (Å²) in [5.41, 5.74) is 1.44. The summed E-state index contributed by atoms with van der Waals surface area (Å²) in [5.74, 6) is 2.07. The number of amides is 1. The highest BCUT2D eigenvalue weighted by Crippen LogP contribution is 2.55. The van der Waals surface area contributed by atoms with E-state index in [9.17, 15) is 4.79 Å². The lowest BCUT2D eigenvalue weighted by Crippen LogP contribution is -2.40. The van der Waals surface area contributed by atoms with Crippen LogP contribution in [-0.4, -0.2) is 68.3 Å². The fourth-order valence-electron chi connectivity index (χ4n) is 5.69. The number of benzene rings is 1. The van der Waals surface area contributed by atoms with Gasteiger partial charge >= 0.3 is 0 Å². The summed E-state index contributed by atoms with van der Waals surface area (Å²) in [7, 11) is 5.86. The largest absolute Gasteiger partial charge is 0.497 e. The van der Waals surface area contributed by atoms with Crippen LogP contribution in [0.4, 0.5) is 0 Å². The monoisotopic (exact) mass is 384 g/mol. The van der Waals surface area contributed by atoms with Crippen molar-refractivity contribution in [3.63, 3.8) is 0 Å². The molecule has 1 spiro atoms. The molecule has 1 aromatic carbocycles. The maximum Gasteiger partial charge on any atom is 0.289 e. The third kappa shape index (κ3) is 2.51. The van der Waals surface area contributed by atoms with Crippen LogP contribution in [0.1, 0.15) is 29.0 Å². The van der Waals surface area contributed by atoms with Crippen molar-refractivity contribution in [1.82, 2.24) is 9.80 Å². The zero-order valence-corrected chi connectivity index (χ0v) is 17.0. The summed E-state index contributed by atoms with van der Waals surface area (Å²) in [4.78, 5) is 17.6. The SMILES string of the molecule is COc1ccc2c(C)c(C(=O)N3C[C@H]4[C@@H](CN(C)C)[C@@H]5CC[C@@]4(C3)O5)oc2c1. The van der Waals surface area contributed by atoms with Gasteiger partial charge in [-0.1, -0.05) is 0 Å². The van der Waals surface area contributed by atoms with E-state index in [0.717, 1.165) is 42.6 Å². The summed E-state index contributed by atoms with van der Waals surface area (Å²) < 4.78 is 17.7. The highest BCUT2D eigenvalue weighted by molar-refractivity contribution is 5.99. The number of fused-ring (bicyclic) bond motifs is 2. The van der Waals surface area contributed by atoms with Crippen molar-refractivity contribution >= 4 is 16.9 Å². The first-order valence-corrected chi connectivity index (χ1v) is 10.1. The summed E-state index contributed by atoms with van der Waals surface area (Å²) in [6, 6.07) is 5.70. The Bertz CT molecular complexity index is 936. The van der Waals surface area contributed by atoms with Crippen LogP contribution in [-0.2, 0) is 4.74 Å². The molecule has 3 saturated heterocycles. The van der Waals surface area contributed by atoms with Crippen molar-refractivity contribution in [1.29, 1.82) is 0 Å². The number of nitrogens with zero attached hydrogens (tertiary/aromatic N) is 2. The highest BCUT2D eigenvalue weighted by Gasteiger charge is 2.63. The molecule has 28 heavy (non-hydrogen) atoms. The number of hydrogen-bond acceptors (Lipinski definition) is 5. The van der Waals surface area contributed by atoms with E-state index in [2.05, 4.69) is 19.0 Å². The van der Waals surface area contributed by atoms with E-state index in [1.807, 2.05) is 30.0 Å². The maximum absolute atomic E-state index is 13.4. The maximum atomic E-state index is 13.4. The second-order valence-electron chi connectivity index (χ2n) is 8.90. The predicted octanol–water partition coefficient (Wildman–Crippen LogP) is 2.93. The number of carbonyl (C=O) groups is 1. The molecule has 0 radical (unpaired) electrons. The van der Waals surface area contributed by atoms with Crippen molar-refractivity contribution in [2.24, 2.45) is 11.8 Å². The minimum atomic E-state index is -0.149. The van der Waals surface area contributed by atoms with Gasteiger partial charge in [0.1, 0.15) is 11.3 Å². The van der Waals surface area contributed by atoms with Crippen molar-refractivity contribution < 1.29 is 18.7 Å². The van der Waals surface area contributed by atoms with Crippen molar-refractivity contribution in [2.45, 2.75) is 31.5 Å². The van der Waals surface area contributed by atoms with Crippen LogP contribution in [0.2, 0.25) is 0 Å². The molecule has 1 amide bonds. The standard InChI is InChI=1S/C22H28N2O4/c1-13-15-6-5-14(26-4)9-19(15)27-20(13)21(25)24-11-17-16(10-23(2)3)18-7-8-22(17,12-24)28-18/h5-6,9,16-18H,7-8,10-12H2,1-4H3/t16-,17+,18+,22+/m1/s1. The van der Waals surface area contributed by atoms with E-state index in [1.165, 1.54) is 0 Å². The van der Waals surface area contributed by atoms with Gasteiger partial charge < -0.3 is 23.7 Å². The predicted molar refractivity (Wildman–Crippen MR) is 106 cm³/mol. The number of hydrogen-bond donors (Lipinski definition) is 0. The first-order chi connectivity index (χ1) is 13.4. The van der Waals surface area contributed by atoms with Crippen LogP contribution in [0.3, 0.4) is 0 Å². The van der Waals surface area contributed by atoms with Gasteiger partial charge in [0.25, 0.3) is 5.91 Å². The quantitative estimate of drug-likeness (QED) is 0.811. The number of methoxy groups -OCH3 is 1. The Morgan fingerprint density at radius 1 is 1.39 bits per heavy atom. The fourth-order valence-corrected chi connectivity index (χ4v) is 5.69. The molecule has 1 aromatic heterocycles. The lowest BCUT2D eigenvalue weighted by molar-refractivity contribution is 0.00226. The molecular weight excluding hydrogens is 356 g/mol. The van der Waals surface area contributed by atoms with E-state index in [0.29, 0.717) is 35.8 Å². The normalized spacial score (nSPS) is 31.2. The Morgan fingerprint density at radius 2 is 2.21 bits per heavy atom. The van der Waals surface area contributed by atoms with Gasteiger partial charge in [0.05, 0.1) is 25.4 Å². The third-order valence-electron chi connectivity index (χ3n) is 6.99. The van der Waals surface area contributed by atoms with E-state index < -0.39 is 0 Å². The number of carbonyl (C=O) groups excluding carboxylic acids is 1. The highest BCUT2D eigenvalue weighted by atomic mass is 16.5. The lowest BCUT2D eigenvalue weighted by atomic mass is 9.73. The Balaban J connectivity index is 1.43. The second kappa shape index (κ2) is 6.22. The number of rotatable bonds is 4. The molecule has 2 aromatic rings. The van der Waals surface area contributed by atoms with Gasteiger partial charge in [0.15, 0.2) is 5.76 Å². The van der Waals surface area contributed by atoms with Gasteiger partial charge in [0, 0.05) is 41.9 Å². The first-order valence-electron chi connectivity index (χ1n) is 10.1. The molecule has 2 bridgehead atoms. The van der Waals surface area contributed by atoms with Gasteiger partial charge in [-0.05, 0) is 46.0 Å². The molecule has 5 rings (SSSR count). The average molecular weight is 384 g/mol. The van der Waals surface area contributed by atoms with Gasteiger partial charge in [-0.25, -0.2) is 0 Å². The zero-order chi connectivity index (χ0) is 19.6. The minimum Gasteiger partial charge on any atom is -0.497 e. The van der Waals surface area contributed by atoms with Crippen LogP contribution in [0.5, 0.6) is 5.75 Å². The molecule has 150 valence electrons. The van der Waals surface area contributed by atoms with Crippen LogP contribution < -0.4 is 4.74 Å². The minimum absolute atomic E-state index is 0.0212. The van der Waals surface area contributed by atoms with E-state index >= 15 is 0 Å². The molecule has 6 heteroatoms. The molecule has 6 nitrogen and oxygen atoms in total. The zero-order valence-electron chi connectivity index (χ0n) is 17.0. The van der Waals surface area contributed by atoms with Gasteiger partial charge in [-0.15, -0.1) is 0 Å². The Kier molecular flexibility index (Phi) is 4.00. The fraction of sp³-hybridized carbons (Fsp3) is 0.591. The molecule has 0 unspecified atom stereocenters. The third-order valence-corrected chi connectivity index (χ3v) is 6.99. The Morgan fingerprint density at radius 3 is 2.96 bits per heavy atom. The van der Waals surface area contributed by atoms with E-state index in [1.54, 1.807) is 7.11 Å². The molecule has 3 aliphatic heterocycles. The van der Waals surface area contributed by atoms with Gasteiger partial charge in [-0.2, -0.15) is 0 Å². The molecule has 4 atom stereocenters. The lowest BCUT2D eigenvalue weighted by Gasteiger charge is -2.30. The molecule has 0 aliphatic carbocycles. The smallest absolute Gasteiger partial charge is 0.289 e. The van der Waals surface area contributed by atoms with E-state index in [-0.39, 0.29) is 11.5 Å². The summed E-state index contributed by atoms with van der Waals surface area (Å²) >= 11 is 0. The number of ether oxygens (including phenoxy) is 2. The van der Waals surface area contributed by atoms with Crippen LogP contribution in [0.25, 0.3) is 11.0 Å². The van der Waals surface area contributed by atoms with Crippen LogP contribution in [0.15, 0.2) is 22.6 Å². The van der Waals surface area contributed by atoms with Crippen molar-refractivity contribution in [3.8, 4) is 5.75 Å². The molecule has 3 fully saturated rings. The first kappa shape index (κ1) is 18.0. The summed E-state index contributed by atoms with van der Waals surface area (Å²) in [6.45, 7) is 4.41. The topological polar surface area (TPSA) is 55.2 Å². The number of likely N-dealkylation sites (tertiary alicyclic amines) is 1. The van der Waals surface area contributed by atoms with Gasteiger partial charge in [0.2, 0.25) is 0 Å². The molecule has 0 saturated carbocycles. The Labute approximate surface area is 165 Å². The molecular formula is C22H28N2O4. The van der Waals surface area contributed by atoms with Crippen molar-refractivity contribution in [3.05, 3.63) is 29.5 Å². The number of aryl methyl sites for hydroxylation is 1. The molecule has 4 heterocycles. The summed E-state index contributed by atoms with van der Waals surface area (Å²) in [5, 5.41) is 0.962. The Hall–Kier alpha value is -2.05. The number of furan rings is 1. The summed E-state index contributed by atoms with van der Waals surface area (Å²) in [6.07, 6.45) is 2.53. The van der Waals surface area contributed by atoms with Crippen molar-refractivity contribution in [2.75, 3.05) is 40.8 Å². The average Bonchev–Trinajstić information content (AvgIpc) is 3.40. The van der Waals surface area contributed by atoms with E-state index in [4.69, 9.17) is 13.9 Å². The van der Waals surface area contributed by atoms with Crippen LogP contribution >= 0.6 is 0 Å².